The number of aromatic nitrogens is 3. The van der Waals surface area contributed by atoms with E-state index in [1.807, 2.05) is 29.8 Å². The van der Waals surface area contributed by atoms with Crippen LogP contribution in [0.15, 0.2) is 35.4 Å². The van der Waals surface area contributed by atoms with Crippen LogP contribution in [0.2, 0.25) is 0 Å². The van der Waals surface area contributed by atoms with Gasteiger partial charge in [-0.15, -0.1) is 12.6 Å². The summed E-state index contributed by atoms with van der Waals surface area (Å²) in [4.78, 5) is 20.8. The van der Waals surface area contributed by atoms with Gasteiger partial charge in [0.25, 0.3) is 0 Å². The molecule has 0 bridgehead atoms. The molecular weight excluding hydrogens is 282 g/mol. The van der Waals surface area contributed by atoms with E-state index in [9.17, 15) is 4.79 Å². The van der Waals surface area contributed by atoms with Crippen LogP contribution in [-0.2, 0) is 13.5 Å². The molecule has 21 heavy (non-hydrogen) atoms. The fourth-order valence-electron chi connectivity index (χ4n) is 2.55. The maximum Gasteiger partial charge on any atom is 0.160 e. The smallest absolute Gasteiger partial charge is 0.160 e. The number of hydrogen-bond acceptors (Lipinski definition) is 4. The van der Waals surface area contributed by atoms with Crippen LogP contribution in [0.3, 0.4) is 0 Å². The predicted octanol–water partition coefficient (Wildman–Crippen LogP) is 3.30. The molecule has 0 N–H and O–H groups in total. The number of hydrogen-bond donors (Lipinski definition) is 1. The Morgan fingerprint density at radius 3 is 2.90 bits per heavy atom. The number of pyridine rings is 1. The van der Waals surface area contributed by atoms with E-state index in [0.29, 0.717) is 5.56 Å². The molecule has 0 saturated heterocycles. The van der Waals surface area contributed by atoms with Crippen molar-refractivity contribution in [3.05, 3.63) is 41.6 Å². The van der Waals surface area contributed by atoms with Crippen LogP contribution in [0.4, 0.5) is 0 Å². The van der Waals surface area contributed by atoms with Crippen LogP contribution in [0.1, 0.15) is 22.8 Å². The van der Waals surface area contributed by atoms with Crippen molar-refractivity contribution in [3.63, 3.8) is 0 Å². The van der Waals surface area contributed by atoms with Gasteiger partial charge in [-0.1, -0.05) is 19.1 Å². The molecule has 106 valence electrons. The maximum absolute atomic E-state index is 10.9. The number of thiol groups is 1. The second-order valence-electron chi connectivity index (χ2n) is 4.88. The lowest BCUT2D eigenvalue weighted by Crippen LogP contribution is -1.97. The summed E-state index contributed by atoms with van der Waals surface area (Å²) in [6.07, 6.45) is 3.23. The lowest BCUT2D eigenvalue weighted by molar-refractivity contribution is 0.112. The average molecular weight is 297 g/mol. The molecule has 3 aromatic rings. The molecule has 0 unspecified atom stereocenters. The third-order valence-corrected chi connectivity index (χ3v) is 4.03. The average Bonchev–Trinajstić information content (AvgIpc) is 2.83. The Bertz CT molecular complexity index is 839. The van der Waals surface area contributed by atoms with Crippen molar-refractivity contribution in [2.75, 3.05) is 0 Å². The summed E-state index contributed by atoms with van der Waals surface area (Å²) in [5.74, 6) is 0.841. The Hall–Kier alpha value is -2.14. The van der Waals surface area contributed by atoms with Gasteiger partial charge in [0.05, 0.1) is 0 Å². The highest BCUT2D eigenvalue weighted by atomic mass is 32.1. The first-order valence-electron chi connectivity index (χ1n) is 6.74. The van der Waals surface area contributed by atoms with Gasteiger partial charge in [-0.2, -0.15) is 0 Å². The topological polar surface area (TPSA) is 47.8 Å². The summed E-state index contributed by atoms with van der Waals surface area (Å²) in [7, 11) is 1.93. The number of nitrogens with zero attached hydrogens (tertiary/aromatic N) is 3. The van der Waals surface area contributed by atoms with E-state index in [1.165, 1.54) is 0 Å². The zero-order valence-corrected chi connectivity index (χ0v) is 12.8. The zero-order chi connectivity index (χ0) is 15.0. The van der Waals surface area contributed by atoms with Gasteiger partial charge in [0.1, 0.15) is 11.3 Å². The van der Waals surface area contributed by atoms with Gasteiger partial charge in [0.2, 0.25) is 0 Å². The Morgan fingerprint density at radius 1 is 1.38 bits per heavy atom. The third-order valence-electron chi connectivity index (χ3n) is 3.61. The van der Waals surface area contributed by atoms with E-state index < -0.39 is 0 Å². The van der Waals surface area contributed by atoms with Crippen LogP contribution in [0.5, 0.6) is 0 Å². The fourth-order valence-corrected chi connectivity index (χ4v) is 2.92. The first kappa shape index (κ1) is 13.8. The SMILES string of the molecule is CCc1c(S)cccc1-c1nc2cc(C=O)cnc2n1C. The largest absolute Gasteiger partial charge is 0.312 e. The van der Waals surface area contributed by atoms with Crippen molar-refractivity contribution < 1.29 is 4.79 Å². The van der Waals surface area contributed by atoms with Gasteiger partial charge < -0.3 is 4.57 Å². The Labute approximate surface area is 128 Å². The molecule has 4 nitrogen and oxygen atoms in total. The molecule has 0 spiro atoms. The fraction of sp³-hybridized carbons (Fsp3) is 0.188. The minimum absolute atomic E-state index is 0.533. The second-order valence-corrected chi connectivity index (χ2v) is 5.36. The number of imidazole rings is 1. The van der Waals surface area contributed by atoms with Gasteiger partial charge in [0, 0.05) is 29.3 Å². The van der Waals surface area contributed by atoms with E-state index in [-0.39, 0.29) is 0 Å². The first-order chi connectivity index (χ1) is 10.2. The molecule has 0 amide bonds. The van der Waals surface area contributed by atoms with Crippen molar-refractivity contribution in [1.29, 1.82) is 0 Å². The summed E-state index contributed by atoms with van der Waals surface area (Å²) < 4.78 is 1.95. The van der Waals surface area contributed by atoms with Crippen molar-refractivity contribution in [3.8, 4) is 11.4 Å². The molecule has 0 saturated carbocycles. The number of aldehydes is 1. The van der Waals surface area contributed by atoms with E-state index in [2.05, 4.69) is 29.5 Å². The van der Waals surface area contributed by atoms with E-state index in [1.54, 1.807) is 12.3 Å². The molecule has 0 aliphatic carbocycles. The molecular formula is C16H15N3OS. The Kier molecular flexibility index (Phi) is 3.51. The van der Waals surface area contributed by atoms with Crippen LogP contribution in [0.25, 0.3) is 22.6 Å². The van der Waals surface area contributed by atoms with Crippen molar-refractivity contribution >= 4 is 30.1 Å². The standard InChI is InChI=1S/C16H15N3OS/c1-3-11-12(5-4-6-14(11)21)15-18-13-7-10(9-20)8-17-16(13)19(15)2/h4-9,21H,3H2,1-2H3. The van der Waals surface area contributed by atoms with Gasteiger partial charge in [0.15, 0.2) is 11.9 Å². The summed E-state index contributed by atoms with van der Waals surface area (Å²) in [6, 6.07) is 7.76. The second kappa shape index (κ2) is 5.33. The summed E-state index contributed by atoms with van der Waals surface area (Å²) in [5, 5.41) is 0. The van der Waals surface area contributed by atoms with Gasteiger partial charge in [-0.25, -0.2) is 9.97 Å². The van der Waals surface area contributed by atoms with Crippen LogP contribution in [-0.4, -0.2) is 20.8 Å². The molecule has 2 heterocycles. The Morgan fingerprint density at radius 2 is 2.19 bits per heavy atom. The van der Waals surface area contributed by atoms with Crippen LogP contribution >= 0.6 is 12.6 Å². The van der Waals surface area contributed by atoms with E-state index >= 15 is 0 Å². The summed E-state index contributed by atoms with van der Waals surface area (Å²) >= 11 is 4.53. The number of aryl methyl sites for hydroxylation is 1. The highest BCUT2D eigenvalue weighted by molar-refractivity contribution is 7.80. The zero-order valence-electron chi connectivity index (χ0n) is 11.9. The van der Waals surface area contributed by atoms with Gasteiger partial charge >= 0.3 is 0 Å². The number of benzene rings is 1. The van der Waals surface area contributed by atoms with E-state index in [4.69, 9.17) is 0 Å². The van der Waals surface area contributed by atoms with Gasteiger partial charge in [-0.3, -0.25) is 4.79 Å². The summed E-state index contributed by atoms with van der Waals surface area (Å²) in [5.41, 5.74) is 4.24. The predicted molar refractivity (Wildman–Crippen MR) is 86.0 cm³/mol. The third kappa shape index (κ3) is 2.23. The molecule has 3 rings (SSSR count). The van der Waals surface area contributed by atoms with Crippen LogP contribution < -0.4 is 0 Å². The highest BCUT2D eigenvalue weighted by Crippen LogP contribution is 2.29. The lowest BCUT2D eigenvalue weighted by Gasteiger charge is -2.10. The monoisotopic (exact) mass is 297 g/mol. The Balaban J connectivity index is 2.28. The number of carbonyl (C=O) groups excluding carboxylic acids is 1. The number of rotatable bonds is 3. The molecule has 1 aromatic carbocycles. The van der Waals surface area contributed by atoms with Crippen LogP contribution in [0, 0.1) is 0 Å². The van der Waals surface area contributed by atoms with Crippen molar-refractivity contribution in [1.82, 2.24) is 14.5 Å². The molecule has 0 atom stereocenters. The first-order valence-corrected chi connectivity index (χ1v) is 7.19. The number of fused-ring (bicyclic) bond motifs is 1. The molecule has 5 heteroatoms. The maximum atomic E-state index is 10.9. The molecule has 0 radical (unpaired) electrons. The van der Waals surface area contributed by atoms with Crippen molar-refractivity contribution in [2.45, 2.75) is 18.2 Å². The van der Waals surface area contributed by atoms with E-state index in [0.717, 1.165) is 45.7 Å². The highest BCUT2D eigenvalue weighted by Gasteiger charge is 2.15. The summed E-state index contributed by atoms with van der Waals surface area (Å²) in [6.45, 7) is 2.10. The molecule has 0 aliphatic heterocycles. The minimum Gasteiger partial charge on any atom is -0.312 e. The molecule has 0 fully saturated rings. The lowest BCUT2D eigenvalue weighted by atomic mass is 10.0. The molecule has 0 aliphatic rings. The normalized spacial score (nSPS) is 11.0. The van der Waals surface area contributed by atoms with Crippen molar-refractivity contribution in [2.24, 2.45) is 7.05 Å². The van der Waals surface area contributed by atoms with Gasteiger partial charge in [-0.05, 0) is 24.1 Å². The molecule has 2 aromatic heterocycles. The number of carbonyl (C=O) groups is 1. The minimum atomic E-state index is 0.533. The quantitative estimate of drug-likeness (QED) is 0.596.